The van der Waals surface area contributed by atoms with E-state index in [4.69, 9.17) is 5.73 Å². The third-order valence-electron chi connectivity index (χ3n) is 3.91. The summed E-state index contributed by atoms with van der Waals surface area (Å²) in [4.78, 5) is 13.7. The van der Waals surface area contributed by atoms with E-state index < -0.39 is 0 Å². The van der Waals surface area contributed by atoms with Gasteiger partial charge < -0.3 is 10.6 Å². The first kappa shape index (κ1) is 10.9. The molecule has 3 heteroatoms. The maximum atomic E-state index is 11.7. The predicted octanol–water partition coefficient (Wildman–Crippen LogP) is 1.37. The first-order chi connectivity index (χ1) is 6.85. The van der Waals surface area contributed by atoms with Crippen molar-refractivity contribution in [3.05, 3.63) is 0 Å². The van der Waals surface area contributed by atoms with Crippen LogP contribution in [-0.2, 0) is 4.79 Å². The molecular weight excluding hydrogens is 188 g/mol. The Morgan fingerprint density at radius 2 is 2.07 bits per heavy atom. The van der Waals surface area contributed by atoms with E-state index in [9.17, 15) is 4.79 Å². The van der Waals surface area contributed by atoms with Gasteiger partial charge in [-0.05, 0) is 30.1 Å². The predicted molar refractivity (Wildman–Crippen MR) is 60.3 cm³/mol. The van der Waals surface area contributed by atoms with Gasteiger partial charge in [-0.1, -0.05) is 20.8 Å². The highest BCUT2D eigenvalue weighted by Crippen LogP contribution is 2.52. The van der Waals surface area contributed by atoms with Gasteiger partial charge in [0.25, 0.3) is 0 Å². The first-order valence-corrected chi connectivity index (χ1v) is 5.85. The van der Waals surface area contributed by atoms with Crippen LogP contribution >= 0.6 is 0 Å². The maximum absolute atomic E-state index is 11.7. The van der Waals surface area contributed by atoms with Crippen molar-refractivity contribution in [1.82, 2.24) is 4.90 Å². The van der Waals surface area contributed by atoms with Gasteiger partial charge in [-0.15, -0.1) is 0 Å². The SMILES string of the molecule is CC1(C)C[C@@H]2C[C@@](C)(CN2C(=O)CN)C1. The van der Waals surface area contributed by atoms with Crippen molar-refractivity contribution < 1.29 is 4.79 Å². The number of hydrogen-bond donors (Lipinski definition) is 1. The van der Waals surface area contributed by atoms with Crippen LogP contribution < -0.4 is 5.73 Å². The molecule has 0 spiro atoms. The fourth-order valence-corrected chi connectivity index (χ4v) is 3.87. The molecule has 2 rings (SSSR count). The summed E-state index contributed by atoms with van der Waals surface area (Å²) in [6.07, 6.45) is 3.53. The van der Waals surface area contributed by atoms with E-state index in [-0.39, 0.29) is 12.5 Å². The summed E-state index contributed by atoms with van der Waals surface area (Å²) >= 11 is 0. The summed E-state index contributed by atoms with van der Waals surface area (Å²) in [5, 5.41) is 0. The molecule has 0 radical (unpaired) electrons. The molecular formula is C12H22N2O. The lowest BCUT2D eigenvalue weighted by Gasteiger charge is -2.39. The number of carbonyl (C=O) groups excluding carboxylic acids is 1. The molecule has 0 aromatic rings. The van der Waals surface area contributed by atoms with Crippen LogP contribution in [0.5, 0.6) is 0 Å². The van der Waals surface area contributed by atoms with Crippen LogP contribution in [0.2, 0.25) is 0 Å². The number of carbonyl (C=O) groups is 1. The molecule has 2 fully saturated rings. The van der Waals surface area contributed by atoms with E-state index in [1.165, 1.54) is 12.8 Å². The van der Waals surface area contributed by atoms with E-state index in [2.05, 4.69) is 20.8 Å². The summed E-state index contributed by atoms with van der Waals surface area (Å²) in [5.74, 6) is 0.126. The molecule has 1 aliphatic heterocycles. The summed E-state index contributed by atoms with van der Waals surface area (Å²) < 4.78 is 0. The van der Waals surface area contributed by atoms with Crippen LogP contribution in [0.1, 0.15) is 40.0 Å². The molecule has 1 heterocycles. The molecule has 0 unspecified atom stereocenters. The van der Waals surface area contributed by atoms with Crippen LogP contribution in [-0.4, -0.2) is 29.9 Å². The average molecular weight is 210 g/mol. The Bertz CT molecular complexity index is 287. The lowest BCUT2D eigenvalue weighted by atomic mass is 9.65. The second-order valence-electron chi connectivity index (χ2n) is 6.44. The maximum Gasteiger partial charge on any atom is 0.236 e. The topological polar surface area (TPSA) is 46.3 Å². The van der Waals surface area contributed by atoms with Crippen LogP contribution in [0.3, 0.4) is 0 Å². The van der Waals surface area contributed by atoms with Gasteiger partial charge in [0.1, 0.15) is 0 Å². The Morgan fingerprint density at radius 3 is 2.67 bits per heavy atom. The molecule has 2 aliphatic rings. The fourth-order valence-electron chi connectivity index (χ4n) is 3.87. The van der Waals surface area contributed by atoms with Crippen molar-refractivity contribution in [2.75, 3.05) is 13.1 Å². The number of rotatable bonds is 1. The van der Waals surface area contributed by atoms with Crippen molar-refractivity contribution in [1.29, 1.82) is 0 Å². The molecule has 0 aromatic heterocycles. The second-order valence-corrected chi connectivity index (χ2v) is 6.44. The Morgan fingerprint density at radius 1 is 1.40 bits per heavy atom. The minimum Gasteiger partial charge on any atom is -0.338 e. The van der Waals surface area contributed by atoms with Crippen LogP contribution in [0.25, 0.3) is 0 Å². The van der Waals surface area contributed by atoms with E-state index in [0.717, 1.165) is 13.0 Å². The Kier molecular flexibility index (Phi) is 2.34. The average Bonchev–Trinajstić information content (AvgIpc) is 2.33. The van der Waals surface area contributed by atoms with Gasteiger partial charge in [0.05, 0.1) is 6.54 Å². The van der Waals surface area contributed by atoms with Crippen molar-refractivity contribution in [3.8, 4) is 0 Å². The number of fused-ring (bicyclic) bond motifs is 2. The minimum absolute atomic E-state index is 0.126. The lowest BCUT2D eigenvalue weighted by molar-refractivity contribution is -0.130. The van der Waals surface area contributed by atoms with Crippen molar-refractivity contribution in [3.63, 3.8) is 0 Å². The molecule has 1 amide bonds. The Balaban J connectivity index is 2.20. The van der Waals surface area contributed by atoms with Crippen molar-refractivity contribution in [2.45, 2.75) is 46.1 Å². The molecule has 1 aliphatic carbocycles. The lowest BCUT2D eigenvalue weighted by Crippen LogP contribution is -2.40. The van der Waals surface area contributed by atoms with Crippen LogP contribution in [0.15, 0.2) is 0 Å². The van der Waals surface area contributed by atoms with Gasteiger partial charge in [0.2, 0.25) is 5.91 Å². The molecule has 1 saturated heterocycles. The largest absolute Gasteiger partial charge is 0.338 e. The van der Waals surface area contributed by atoms with Gasteiger partial charge in [0, 0.05) is 12.6 Å². The molecule has 2 N–H and O–H groups in total. The highest BCUT2D eigenvalue weighted by molar-refractivity contribution is 5.78. The smallest absolute Gasteiger partial charge is 0.236 e. The molecule has 3 nitrogen and oxygen atoms in total. The summed E-state index contributed by atoms with van der Waals surface area (Å²) in [7, 11) is 0. The van der Waals surface area contributed by atoms with Gasteiger partial charge >= 0.3 is 0 Å². The molecule has 15 heavy (non-hydrogen) atoms. The zero-order chi connectivity index (χ0) is 11.3. The molecule has 86 valence electrons. The number of likely N-dealkylation sites (tertiary alicyclic amines) is 1. The van der Waals surface area contributed by atoms with E-state index in [0.29, 0.717) is 16.9 Å². The quantitative estimate of drug-likeness (QED) is 0.710. The third kappa shape index (κ3) is 1.89. The highest BCUT2D eigenvalue weighted by Gasteiger charge is 2.50. The monoisotopic (exact) mass is 210 g/mol. The minimum atomic E-state index is 0.126. The standard InChI is InChI=1S/C12H22N2O/c1-11(2)4-9-5-12(3,7-11)8-14(9)10(15)6-13/h9H,4-8,13H2,1-3H3/t9-,12-/m1/s1. The van der Waals surface area contributed by atoms with E-state index >= 15 is 0 Å². The highest BCUT2D eigenvalue weighted by atomic mass is 16.2. The Labute approximate surface area is 92.0 Å². The zero-order valence-corrected chi connectivity index (χ0v) is 10.0. The normalized spacial score (nSPS) is 38.1. The number of hydrogen-bond acceptors (Lipinski definition) is 2. The second kappa shape index (κ2) is 3.21. The first-order valence-electron chi connectivity index (χ1n) is 5.85. The van der Waals surface area contributed by atoms with Gasteiger partial charge in [-0.2, -0.15) is 0 Å². The van der Waals surface area contributed by atoms with E-state index in [1.807, 2.05) is 4.90 Å². The molecule has 0 aromatic carbocycles. The van der Waals surface area contributed by atoms with E-state index in [1.54, 1.807) is 0 Å². The summed E-state index contributed by atoms with van der Waals surface area (Å²) in [5.41, 5.74) is 6.16. The van der Waals surface area contributed by atoms with Gasteiger partial charge in [0.15, 0.2) is 0 Å². The summed E-state index contributed by atoms with van der Waals surface area (Å²) in [6, 6.07) is 0.440. The van der Waals surface area contributed by atoms with Crippen molar-refractivity contribution >= 4 is 5.91 Å². The van der Waals surface area contributed by atoms with Gasteiger partial charge in [-0.3, -0.25) is 4.79 Å². The Hall–Kier alpha value is -0.570. The van der Waals surface area contributed by atoms with Crippen LogP contribution in [0.4, 0.5) is 0 Å². The van der Waals surface area contributed by atoms with Gasteiger partial charge in [-0.25, -0.2) is 0 Å². The third-order valence-corrected chi connectivity index (χ3v) is 3.91. The van der Waals surface area contributed by atoms with Crippen molar-refractivity contribution in [2.24, 2.45) is 16.6 Å². The molecule has 1 saturated carbocycles. The fraction of sp³-hybridized carbons (Fsp3) is 0.917. The molecule has 2 bridgehead atoms. The number of nitrogens with two attached hydrogens (primary N) is 1. The number of nitrogens with zero attached hydrogens (tertiary/aromatic N) is 1. The summed E-state index contributed by atoms with van der Waals surface area (Å²) in [6.45, 7) is 8.01. The van der Waals surface area contributed by atoms with Crippen LogP contribution in [0, 0.1) is 10.8 Å². The molecule has 2 atom stereocenters. The zero-order valence-electron chi connectivity index (χ0n) is 10.0. The number of amides is 1.